The van der Waals surface area contributed by atoms with Crippen molar-refractivity contribution in [2.24, 2.45) is 0 Å². The second-order valence-corrected chi connectivity index (χ2v) is 9.33. The van der Waals surface area contributed by atoms with Crippen molar-refractivity contribution in [2.75, 3.05) is 13.1 Å². The molecule has 148 valence electrons. The van der Waals surface area contributed by atoms with E-state index in [2.05, 4.69) is 9.47 Å². The van der Waals surface area contributed by atoms with Crippen molar-refractivity contribution in [3.05, 3.63) is 38.0 Å². The molecular formula is C18H19Cl2N5OS2. The second kappa shape index (κ2) is 8.10. The van der Waals surface area contributed by atoms with Crippen molar-refractivity contribution in [2.45, 2.75) is 39.2 Å². The Bertz CT molecular complexity index is 1000. The number of carbonyl (C=O) groups is 1. The monoisotopic (exact) mass is 455 g/mol. The van der Waals surface area contributed by atoms with E-state index >= 15 is 0 Å². The van der Waals surface area contributed by atoms with Crippen LogP contribution in [0.3, 0.4) is 0 Å². The molecule has 4 heterocycles. The van der Waals surface area contributed by atoms with Gasteiger partial charge in [0.2, 0.25) is 5.91 Å². The van der Waals surface area contributed by atoms with Crippen LogP contribution in [0.15, 0.2) is 11.4 Å². The smallest absolute Gasteiger partial charge is 0.244 e. The molecule has 1 aliphatic heterocycles. The number of hydrogen-bond donors (Lipinski definition) is 0. The van der Waals surface area contributed by atoms with Gasteiger partial charge in [-0.05, 0) is 44.3 Å². The highest BCUT2D eigenvalue weighted by Gasteiger charge is 2.27. The molecule has 0 atom stereocenters. The summed E-state index contributed by atoms with van der Waals surface area (Å²) in [5.41, 5.74) is 2.78. The topological polar surface area (TPSA) is 63.9 Å². The number of likely N-dealkylation sites (tertiary alicyclic amines) is 1. The van der Waals surface area contributed by atoms with Gasteiger partial charge in [-0.25, -0.2) is 4.98 Å². The fourth-order valence-electron chi connectivity index (χ4n) is 3.44. The molecular weight excluding hydrogens is 437 g/mol. The van der Waals surface area contributed by atoms with Crippen LogP contribution in [-0.2, 0) is 11.3 Å². The Morgan fingerprint density at radius 1 is 1.29 bits per heavy atom. The number of piperidine rings is 1. The lowest BCUT2D eigenvalue weighted by atomic mass is 9.97. The Kier molecular flexibility index (Phi) is 5.73. The number of carbonyl (C=O) groups excluding carboxylic acids is 1. The van der Waals surface area contributed by atoms with E-state index in [1.165, 1.54) is 11.5 Å². The molecule has 0 unspecified atom stereocenters. The molecule has 6 nitrogen and oxygen atoms in total. The summed E-state index contributed by atoms with van der Waals surface area (Å²) in [6.07, 6.45) is 1.82. The first-order chi connectivity index (χ1) is 13.4. The molecule has 1 saturated heterocycles. The van der Waals surface area contributed by atoms with Crippen LogP contribution in [-0.4, -0.2) is 43.0 Å². The van der Waals surface area contributed by atoms with Gasteiger partial charge in [0.05, 0.1) is 26.3 Å². The van der Waals surface area contributed by atoms with Crippen molar-refractivity contribution >= 4 is 52.0 Å². The van der Waals surface area contributed by atoms with Gasteiger partial charge in [-0.2, -0.15) is 9.47 Å². The standard InChI is InChI=1S/C18H19Cl2N5OS2/c1-10-7-11(2)25(22-10)8-14(26)24-5-3-12(4-6-24)18-21-13(9-27-18)16-15(19)17(20)23-28-16/h7,9,12H,3-6,8H2,1-2H3. The molecule has 3 aromatic rings. The van der Waals surface area contributed by atoms with E-state index in [1.54, 1.807) is 16.0 Å². The molecule has 0 N–H and O–H groups in total. The minimum Gasteiger partial charge on any atom is -0.341 e. The first-order valence-electron chi connectivity index (χ1n) is 8.97. The molecule has 4 rings (SSSR count). The van der Waals surface area contributed by atoms with Crippen LogP contribution in [0.25, 0.3) is 10.6 Å². The SMILES string of the molecule is Cc1cc(C)n(CC(=O)N2CCC(c3nc(-c4snc(Cl)c4Cl)cs3)CC2)n1. The lowest BCUT2D eigenvalue weighted by Crippen LogP contribution is -2.40. The molecule has 28 heavy (non-hydrogen) atoms. The van der Waals surface area contributed by atoms with E-state index < -0.39 is 0 Å². The zero-order chi connectivity index (χ0) is 19.8. The maximum atomic E-state index is 12.6. The Morgan fingerprint density at radius 3 is 2.64 bits per heavy atom. The zero-order valence-corrected chi connectivity index (χ0v) is 18.6. The largest absolute Gasteiger partial charge is 0.341 e. The average Bonchev–Trinajstić information content (AvgIpc) is 3.36. The summed E-state index contributed by atoms with van der Waals surface area (Å²) in [6, 6.07) is 1.99. The molecule has 3 aromatic heterocycles. The van der Waals surface area contributed by atoms with E-state index in [9.17, 15) is 4.79 Å². The number of aryl methyl sites for hydroxylation is 2. The number of amides is 1. The molecule has 0 aromatic carbocycles. The average molecular weight is 456 g/mol. The molecule has 0 radical (unpaired) electrons. The molecule has 1 aliphatic rings. The number of hydrogen-bond acceptors (Lipinski definition) is 6. The van der Waals surface area contributed by atoms with Gasteiger partial charge in [-0.3, -0.25) is 9.48 Å². The van der Waals surface area contributed by atoms with E-state index in [0.717, 1.165) is 52.9 Å². The van der Waals surface area contributed by atoms with Crippen LogP contribution < -0.4 is 0 Å². The highest BCUT2D eigenvalue weighted by atomic mass is 35.5. The third-order valence-corrected chi connectivity index (χ3v) is 7.76. The highest BCUT2D eigenvalue weighted by molar-refractivity contribution is 7.12. The molecule has 1 amide bonds. The van der Waals surface area contributed by atoms with Crippen LogP contribution >= 0.6 is 46.1 Å². The van der Waals surface area contributed by atoms with Crippen LogP contribution in [0.1, 0.15) is 35.2 Å². The van der Waals surface area contributed by atoms with E-state index in [-0.39, 0.29) is 5.91 Å². The molecule has 1 fully saturated rings. The lowest BCUT2D eigenvalue weighted by Gasteiger charge is -2.31. The van der Waals surface area contributed by atoms with Crippen LogP contribution in [0, 0.1) is 13.8 Å². The number of nitrogens with zero attached hydrogens (tertiary/aromatic N) is 5. The Hall–Kier alpha value is -1.48. The van der Waals surface area contributed by atoms with Crippen molar-refractivity contribution < 1.29 is 4.79 Å². The summed E-state index contributed by atoms with van der Waals surface area (Å²) in [7, 11) is 0. The Labute approximate surface area is 181 Å². The van der Waals surface area contributed by atoms with Crippen molar-refractivity contribution in [3.8, 4) is 10.6 Å². The van der Waals surface area contributed by atoms with Gasteiger partial charge < -0.3 is 4.90 Å². The molecule has 10 heteroatoms. The first-order valence-corrected chi connectivity index (χ1v) is 11.4. The third-order valence-electron chi connectivity index (χ3n) is 4.94. The molecule has 0 bridgehead atoms. The summed E-state index contributed by atoms with van der Waals surface area (Å²) >= 11 is 15.1. The predicted octanol–water partition coefficient (Wildman–Crippen LogP) is 4.79. The zero-order valence-electron chi connectivity index (χ0n) is 15.5. The predicted molar refractivity (Wildman–Crippen MR) is 113 cm³/mol. The number of aromatic nitrogens is 4. The van der Waals surface area contributed by atoms with Gasteiger partial charge in [0, 0.05) is 30.1 Å². The van der Waals surface area contributed by atoms with Crippen LogP contribution in [0.4, 0.5) is 0 Å². The summed E-state index contributed by atoms with van der Waals surface area (Å²) in [5, 5.41) is 8.26. The van der Waals surface area contributed by atoms with E-state index in [4.69, 9.17) is 28.2 Å². The van der Waals surface area contributed by atoms with Gasteiger partial charge in [0.25, 0.3) is 0 Å². The van der Waals surface area contributed by atoms with Gasteiger partial charge in [0.15, 0.2) is 5.15 Å². The van der Waals surface area contributed by atoms with Crippen molar-refractivity contribution in [3.63, 3.8) is 0 Å². The highest BCUT2D eigenvalue weighted by Crippen LogP contribution is 2.39. The van der Waals surface area contributed by atoms with Gasteiger partial charge in [0.1, 0.15) is 6.54 Å². The summed E-state index contributed by atoms with van der Waals surface area (Å²) < 4.78 is 5.85. The second-order valence-electron chi connectivity index (χ2n) is 6.93. The third kappa shape index (κ3) is 3.96. The normalized spacial score (nSPS) is 15.4. The number of thiazole rings is 1. The summed E-state index contributed by atoms with van der Waals surface area (Å²) in [6.45, 7) is 5.70. The maximum Gasteiger partial charge on any atom is 0.244 e. The van der Waals surface area contributed by atoms with Crippen LogP contribution in [0.2, 0.25) is 10.2 Å². The fraction of sp³-hybridized carbons (Fsp3) is 0.444. The van der Waals surface area contributed by atoms with Gasteiger partial charge in [-0.1, -0.05) is 23.2 Å². The maximum absolute atomic E-state index is 12.6. The minimum atomic E-state index is 0.121. The van der Waals surface area contributed by atoms with E-state index in [0.29, 0.717) is 22.6 Å². The minimum absolute atomic E-state index is 0.121. The molecule has 0 aliphatic carbocycles. The van der Waals surface area contributed by atoms with Gasteiger partial charge >= 0.3 is 0 Å². The fourth-order valence-corrected chi connectivity index (χ4v) is 5.68. The molecule has 0 saturated carbocycles. The lowest BCUT2D eigenvalue weighted by molar-refractivity contribution is -0.133. The number of halogens is 2. The van der Waals surface area contributed by atoms with Gasteiger partial charge in [-0.15, -0.1) is 11.3 Å². The quantitative estimate of drug-likeness (QED) is 0.566. The van der Waals surface area contributed by atoms with Crippen LogP contribution in [0.5, 0.6) is 0 Å². The summed E-state index contributed by atoms with van der Waals surface area (Å²) in [4.78, 5) is 20.1. The molecule has 0 spiro atoms. The number of rotatable bonds is 4. The Morgan fingerprint density at radius 2 is 2.04 bits per heavy atom. The Balaban J connectivity index is 1.37. The summed E-state index contributed by atoms with van der Waals surface area (Å²) in [5.74, 6) is 0.481. The van der Waals surface area contributed by atoms with Crippen molar-refractivity contribution in [1.29, 1.82) is 0 Å². The first kappa shape index (κ1) is 19.8. The van der Waals surface area contributed by atoms with Crippen molar-refractivity contribution in [1.82, 2.24) is 24.0 Å². The van der Waals surface area contributed by atoms with E-state index in [1.807, 2.05) is 30.2 Å².